The summed E-state index contributed by atoms with van der Waals surface area (Å²) >= 11 is 6.01. The van der Waals surface area contributed by atoms with Crippen molar-refractivity contribution < 1.29 is 18.3 Å². The van der Waals surface area contributed by atoms with E-state index in [9.17, 15) is 13.6 Å². The summed E-state index contributed by atoms with van der Waals surface area (Å²) in [5.74, 6) is 0.586. The molecule has 5 nitrogen and oxygen atoms in total. The van der Waals surface area contributed by atoms with Crippen LogP contribution >= 0.6 is 11.6 Å². The van der Waals surface area contributed by atoms with Crippen LogP contribution in [0, 0.1) is 0 Å². The molecule has 0 N–H and O–H groups in total. The number of rotatable bonds is 5. The second-order valence-corrected chi connectivity index (χ2v) is 6.16. The van der Waals surface area contributed by atoms with Gasteiger partial charge in [-0.15, -0.1) is 0 Å². The Morgan fingerprint density at radius 1 is 1.28 bits per heavy atom. The number of benzene rings is 1. The predicted octanol–water partition coefficient (Wildman–Crippen LogP) is 4.23. The summed E-state index contributed by atoms with van der Waals surface area (Å²) in [6.07, 6.45) is 0.124. The number of carbonyl (C=O) groups excluding carboxylic acids is 1. The minimum absolute atomic E-state index is 0.0172. The molecule has 3 rings (SSSR count). The molecular formula is C17H16ClF2N3O2. The highest BCUT2D eigenvalue weighted by molar-refractivity contribution is 6.29. The summed E-state index contributed by atoms with van der Waals surface area (Å²) in [6, 6.07) is 9.56. The van der Waals surface area contributed by atoms with E-state index >= 15 is 0 Å². The largest absolute Gasteiger partial charge is 0.435 e. The minimum atomic E-state index is -2.92. The second-order valence-electron chi connectivity index (χ2n) is 5.77. The van der Waals surface area contributed by atoms with Gasteiger partial charge in [-0.05, 0) is 38.1 Å². The molecule has 2 aromatic rings. The third kappa shape index (κ3) is 3.24. The van der Waals surface area contributed by atoms with Gasteiger partial charge in [0, 0.05) is 17.8 Å². The molecule has 0 aliphatic carbocycles. The number of hydrogen-bond donors (Lipinski definition) is 0. The highest BCUT2D eigenvalue weighted by Gasteiger charge is 2.39. The zero-order valence-electron chi connectivity index (χ0n) is 13.6. The first kappa shape index (κ1) is 17.4. The molecular weight excluding hydrogens is 352 g/mol. The van der Waals surface area contributed by atoms with E-state index in [4.69, 9.17) is 11.6 Å². The maximum atomic E-state index is 12.5. The van der Waals surface area contributed by atoms with Gasteiger partial charge >= 0.3 is 6.61 Å². The number of pyridine rings is 1. The van der Waals surface area contributed by atoms with Crippen LogP contribution in [0.3, 0.4) is 0 Å². The number of nitrogens with zero attached hydrogens (tertiary/aromatic N) is 3. The Morgan fingerprint density at radius 3 is 2.68 bits per heavy atom. The van der Waals surface area contributed by atoms with Crippen LogP contribution in [-0.2, 0) is 4.79 Å². The molecule has 2 heterocycles. The first-order chi connectivity index (χ1) is 11.9. The van der Waals surface area contributed by atoms with Crippen molar-refractivity contribution in [3.63, 3.8) is 0 Å². The van der Waals surface area contributed by atoms with Gasteiger partial charge in [-0.25, -0.2) is 4.98 Å². The lowest BCUT2D eigenvalue weighted by Crippen LogP contribution is -2.46. The molecule has 8 heteroatoms. The Hall–Kier alpha value is -2.41. The number of fused-ring (bicyclic) bond motifs is 1. The third-order valence-electron chi connectivity index (χ3n) is 3.87. The van der Waals surface area contributed by atoms with Gasteiger partial charge < -0.3 is 14.5 Å². The van der Waals surface area contributed by atoms with E-state index in [-0.39, 0.29) is 11.8 Å². The van der Waals surface area contributed by atoms with Crippen molar-refractivity contribution in [1.29, 1.82) is 0 Å². The predicted molar refractivity (Wildman–Crippen MR) is 91.9 cm³/mol. The number of aromatic nitrogens is 1. The lowest BCUT2D eigenvalue weighted by atomic mass is 10.2. The molecule has 0 radical (unpaired) electrons. The molecule has 1 atom stereocenters. The third-order valence-corrected chi connectivity index (χ3v) is 4.08. The Kier molecular flexibility index (Phi) is 4.76. The SMILES string of the molecule is CC(C)N1c2nc(Cl)ccc2N(c2cccc(OC(F)F)c2)C1C=O. The average Bonchev–Trinajstić information content (AvgIpc) is 2.87. The van der Waals surface area contributed by atoms with E-state index in [2.05, 4.69) is 9.72 Å². The second kappa shape index (κ2) is 6.84. The quantitative estimate of drug-likeness (QED) is 0.584. The molecule has 0 fully saturated rings. The summed E-state index contributed by atoms with van der Waals surface area (Å²) in [5.41, 5.74) is 1.22. The Morgan fingerprint density at radius 2 is 2.04 bits per heavy atom. The molecule has 0 saturated heterocycles. The summed E-state index contributed by atoms with van der Waals surface area (Å²) in [5, 5.41) is 0.311. The topological polar surface area (TPSA) is 45.7 Å². The van der Waals surface area contributed by atoms with Crippen LogP contribution in [0.2, 0.25) is 5.15 Å². The molecule has 1 aromatic heterocycles. The first-order valence-corrected chi connectivity index (χ1v) is 8.04. The highest BCUT2D eigenvalue weighted by atomic mass is 35.5. The number of ether oxygens (including phenoxy) is 1. The molecule has 1 aromatic carbocycles. The van der Waals surface area contributed by atoms with E-state index < -0.39 is 12.8 Å². The standard InChI is InChI=1S/C17H16ClF2N3O2/c1-10(2)22-15(9-24)23(13-6-7-14(18)21-16(13)22)11-4-3-5-12(8-11)25-17(19)20/h3-10,15,17H,1-2H3. The molecule has 1 unspecified atom stereocenters. The molecule has 1 aliphatic rings. The number of anilines is 3. The monoisotopic (exact) mass is 367 g/mol. The number of halogens is 3. The van der Waals surface area contributed by atoms with Gasteiger partial charge in [-0.2, -0.15) is 8.78 Å². The van der Waals surface area contributed by atoms with E-state index in [1.165, 1.54) is 12.1 Å². The van der Waals surface area contributed by atoms with E-state index in [0.717, 1.165) is 6.29 Å². The lowest BCUT2D eigenvalue weighted by molar-refractivity contribution is -0.108. The lowest BCUT2D eigenvalue weighted by Gasteiger charge is -2.31. The van der Waals surface area contributed by atoms with Crippen LogP contribution in [0.1, 0.15) is 13.8 Å². The fourth-order valence-corrected chi connectivity index (χ4v) is 3.11. The number of alkyl halides is 2. The minimum Gasteiger partial charge on any atom is -0.435 e. The van der Waals surface area contributed by atoms with Crippen LogP contribution in [0.15, 0.2) is 36.4 Å². The van der Waals surface area contributed by atoms with Crippen molar-refractivity contribution in [2.24, 2.45) is 0 Å². The molecule has 132 valence electrons. The van der Waals surface area contributed by atoms with Gasteiger partial charge in [-0.1, -0.05) is 17.7 Å². The summed E-state index contributed by atoms with van der Waals surface area (Å²) in [4.78, 5) is 19.7. The van der Waals surface area contributed by atoms with Gasteiger partial charge in [0.1, 0.15) is 10.9 Å². The Bertz CT molecular complexity index is 788. The average molecular weight is 368 g/mol. The van der Waals surface area contributed by atoms with Crippen molar-refractivity contribution in [2.45, 2.75) is 32.7 Å². The summed E-state index contributed by atoms with van der Waals surface area (Å²) in [7, 11) is 0. The van der Waals surface area contributed by atoms with Crippen molar-refractivity contribution in [2.75, 3.05) is 9.80 Å². The van der Waals surface area contributed by atoms with E-state index in [1.54, 1.807) is 29.2 Å². The van der Waals surface area contributed by atoms with Crippen molar-refractivity contribution in [3.8, 4) is 5.75 Å². The summed E-state index contributed by atoms with van der Waals surface area (Å²) < 4.78 is 29.5. The zero-order valence-corrected chi connectivity index (χ0v) is 14.3. The fourth-order valence-electron chi connectivity index (χ4n) is 2.97. The van der Waals surface area contributed by atoms with E-state index in [1.807, 2.05) is 18.7 Å². The van der Waals surface area contributed by atoms with Gasteiger partial charge in [0.15, 0.2) is 18.3 Å². The van der Waals surface area contributed by atoms with Crippen molar-refractivity contribution >= 4 is 35.1 Å². The van der Waals surface area contributed by atoms with Crippen molar-refractivity contribution in [1.82, 2.24) is 4.98 Å². The van der Waals surface area contributed by atoms with Gasteiger partial charge in [0.25, 0.3) is 0 Å². The van der Waals surface area contributed by atoms with Crippen LogP contribution in [0.25, 0.3) is 0 Å². The molecule has 0 saturated carbocycles. The van der Waals surface area contributed by atoms with Crippen LogP contribution in [0.5, 0.6) is 5.75 Å². The highest BCUT2D eigenvalue weighted by Crippen LogP contribution is 2.44. The van der Waals surface area contributed by atoms with Crippen molar-refractivity contribution in [3.05, 3.63) is 41.6 Å². The molecule has 1 aliphatic heterocycles. The molecule has 0 bridgehead atoms. The Balaban J connectivity index is 2.10. The fraction of sp³-hybridized carbons (Fsp3) is 0.294. The first-order valence-electron chi connectivity index (χ1n) is 7.66. The van der Waals surface area contributed by atoms with Gasteiger partial charge in [-0.3, -0.25) is 4.79 Å². The summed E-state index contributed by atoms with van der Waals surface area (Å²) in [6.45, 7) is 0.946. The molecule has 25 heavy (non-hydrogen) atoms. The smallest absolute Gasteiger partial charge is 0.387 e. The van der Waals surface area contributed by atoms with Crippen LogP contribution < -0.4 is 14.5 Å². The number of aldehydes is 1. The number of carbonyl (C=O) groups is 1. The maximum absolute atomic E-state index is 12.5. The molecule has 0 spiro atoms. The molecule has 0 amide bonds. The van der Waals surface area contributed by atoms with Crippen LogP contribution in [0.4, 0.5) is 26.0 Å². The van der Waals surface area contributed by atoms with Crippen LogP contribution in [-0.4, -0.2) is 30.1 Å². The zero-order chi connectivity index (χ0) is 18.1. The van der Waals surface area contributed by atoms with Gasteiger partial charge in [0.05, 0.1) is 5.69 Å². The maximum Gasteiger partial charge on any atom is 0.387 e. The van der Waals surface area contributed by atoms with E-state index in [0.29, 0.717) is 22.3 Å². The Labute approximate surface area is 148 Å². The number of hydrogen-bond acceptors (Lipinski definition) is 5. The van der Waals surface area contributed by atoms with Gasteiger partial charge in [0.2, 0.25) is 0 Å². The normalized spacial score (nSPS) is 16.5.